The molecule has 0 amide bonds. The van der Waals surface area contributed by atoms with Gasteiger partial charge in [0, 0.05) is 40.0 Å². The fourth-order valence-corrected chi connectivity index (χ4v) is 3.49. The second-order valence-corrected chi connectivity index (χ2v) is 6.48. The van der Waals surface area contributed by atoms with Gasteiger partial charge in [0.2, 0.25) is 0 Å². The second kappa shape index (κ2) is 5.82. The molecule has 22 heavy (non-hydrogen) atoms. The van der Waals surface area contributed by atoms with Crippen molar-refractivity contribution in [2.75, 3.05) is 25.5 Å². The maximum atomic E-state index is 6.44. The van der Waals surface area contributed by atoms with Crippen LogP contribution in [0.3, 0.4) is 0 Å². The number of anilines is 2. The van der Waals surface area contributed by atoms with Crippen LogP contribution < -0.4 is 15.4 Å². The number of ether oxygens (including phenoxy) is 1. The molecule has 0 atom stereocenters. The zero-order valence-electron chi connectivity index (χ0n) is 13.2. The largest absolute Gasteiger partial charge is 0.492 e. The molecule has 1 aliphatic heterocycles. The molecule has 0 aliphatic carbocycles. The van der Waals surface area contributed by atoms with Gasteiger partial charge in [-0.15, -0.1) is 0 Å². The number of fused-ring (bicyclic) bond motifs is 2. The summed E-state index contributed by atoms with van der Waals surface area (Å²) in [4.78, 5) is 0. The average Bonchev–Trinajstić information content (AvgIpc) is 2.47. The number of benzene rings is 2. The Kier molecular flexibility index (Phi) is 4.02. The van der Waals surface area contributed by atoms with E-state index in [1.807, 2.05) is 25.2 Å². The Morgan fingerprint density at radius 1 is 1.18 bits per heavy atom. The van der Waals surface area contributed by atoms with Crippen LogP contribution in [0.5, 0.6) is 5.75 Å². The molecule has 0 saturated heterocycles. The second-order valence-electron chi connectivity index (χ2n) is 6.07. The maximum Gasteiger partial charge on any atom is 0.121 e. The zero-order chi connectivity index (χ0) is 15.7. The van der Waals surface area contributed by atoms with Gasteiger partial charge < -0.3 is 15.4 Å². The predicted molar refractivity (Wildman–Crippen MR) is 92.7 cm³/mol. The Balaban J connectivity index is 1.98. The summed E-state index contributed by atoms with van der Waals surface area (Å²) in [5, 5.41) is 7.37. The standard InChI is InChI=1S/C18H21ClN2O/c1-18(2)13-8-7-12(22-10-9-20-3)11-16(13)21-15-6-4-5-14(19)17(15)18/h4-8,11,20-21H,9-10H2,1-3H3. The fraction of sp³-hybridized carbons (Fsp3) is 0.333. The Labute approximate surface area is 136 Å². The lowest BCUT2D eigenvalue weighted by Gasteiger charge is -2.36. The minimum Gasteiger partial charge on any atom is -0.492 e. The highest BCUT2D eigenvalue weighted by Gasteiger charge is 2.34. The highest BCUT2D eigenvalue weighted by molar-refractivity contribution is 6.32. The van der Waals surface area contributed by atoms with E-state index in [0.29, 0.717) is 6.61 Å². The van der Waals surface area contributed by atoms with Gasteiger partial charge in [-0.3, -0.25) is 0 Å². The van der Waals surface area contributed by atoms with Gasteiger partial charge in [-0.2, -0.15) is 0 Å². The molecular weight excluding hydrogens is 296 g/mol. The summed E-state index contributed by atoms with van der Waals surface area (Å²) in [6.07, 6.45) is 0. The Morgan fingerprint density at radius 2 is 2.00 bits per heavy atom. The van der Waals surface area contributed by atoms with Crippen molar-refractivity contribution < 1.29 is 4.74 Å². The molecule has 2 N–H and O–H groups in total. The molecule has 2 aromatic carbocycles. The van der Waals surface area contributed by atoms with Crippen LogP contribution in [0.4, 0.5) is 11.4 Å². The molecule has 3 rings (SSSR count). The Morgan fingerprint density at radius 3 is 2.77 bits per heavy atom. The quantitative estimate of drug-likeness (QED) is 0.824. The van der Waals surface area contributed by atoms with Crippen LogP contribution in [0, 0.1) is 0 Å². The van der Waals surface area contributed by atoms with Crippen LogP contribution in [0.15, 0.2) is 36.4 Å². The maximum absolute atomic E-state index is 6.44. The van der Waals surface area contributed by atoms with Crippen molar-refractivity contribution in [2.24, 2.45) is 0 Å². The third kappa shape index (κ3) is 2.55. The minimum atomic E-state index is -0.141. The number of hydrogen-bond acceptors (Lipinski definition) is 3. The van der Waals surface area contributed by atoms with Crippen molar-refractivity contribution in [3.63, 3.8) is 0 Å². The molecule has 0 bridgehead atoms. The molecule has 0 unspecified atom stereocenters. The van der Waals surface area contributed by atoms with E-state index in [1.165, 1.54) is 5.56 Å². The van der Waals surface area contributed by atoms with Crippen LogP contribution in [-0.2, 0) is 5.41 Å². The number of hydrogen-bond donors (Lipinski definition) is 2. The van der Waals surface area contributed by atoms with E-state index in [1.54, 1.807) is 0 Å². The highest BCUT2D eigenvalue weighted by atomic mass is 35.5. The van der Waals surface area contributed by atoms with Crippen molar-refractivity contribution in [1.82, 2.24) is 5.32 Å². The summed E-state index contributed by atoms with van der Waals surface area (Å²) in [6, 6.07) is 12.2. The number of rotatable bonds is 4. The van der Waals surface area contributed by atoms with Crippen LogP contribution in [0.1, 0.15) is 25.0 Å². The summed E-state index contributed by atoms with van der Waals surface area (Å²) >= 11 is 6.44. The first-order valence-corrected chi connectivity index (χ1v) is 7.90. The first kappa shape index (κ1) is 15.2. The molecule has 2 aromatic rings. The lowest BCUT2D eigenvalue weighted by Crippen LogP contribution is -2.26. The number of nitrogens with one attached hydrogen (secondary N) is 2. The topological polar surface area (TPSA) is 33.3 Å². The van der Waals surface area contributed by atoms with Gasteiger partial charge in [-0.1, -0.05) is 37.6 Å². The molecule has 0 radical (unpaired) electrons. The molecule has 1 aliphatic rings. The van der Waals surface area contributed by atoms with Crippen LogP contribution in [0.2, 0.25) is 5.02 Å². The average molecular weight is 317 g/mol. The smallest absolute Gasteiger partial charge is 0.121 e. The van der Waals surface area contributed by atoms with Crippen molar-refractivity contribution in [1.29, 1.82) is 0 Å². The SMILES string of the molecule is CNCCOc1ccc2c(c1)Nc1cccc(Cl)c1C2(C)C. The van der Waals surface area contributed by atoms with E-state index in [0.717, 1.165) is 34.3 Å². The van der Waals surface area contributed by atoms with Gasteiger partial charge in [0.25, 0.3) is 0 Å². The minimum absolute atomic E-state index is 0.141. The first-order chi connectivity index (χ1) is 10.5. The molecule has 3 nitrogen and oxygen atoms in total. The van der Waals surface area contributed by atoms with E-state index in [2.05, 4.69) is 42.7 Å². The molecule has 0 fully saturated rings. The van der Waals surface area contributed by atoms with Crippen LogP contribution in [-0.4, -0.2) is 20.2 Å². The summed E-state index contributed by atoms with van der Waals surface area (Å²) in [5.74, 6) is 0.878. The molecule has 1 heterocycles. The van der Waals surface area contributed by atoms with Crippen molar-refractivity contribution in [2.45, 2.75) is 19.3 Å². The zero-order valence-corrected chi connectivity index (χ0v) is 13.9. The Bertz CT molecular complexity index is 697. The summed E-state index contributed by atoms with van der Waals surface area (Å²) in [6.45, 7) is 5.90. The van der Waals surface area contributed by atoms with E-state index in [-0.39, 0.29) is 5.41 Å². The molecular formula is C18H21ClN2O. The lowest BCUT2D eigenvalue weighted by molar-refractivity contribution is 0.318. The van der Waals surface area contributed by atoms with Gasteiger partial charge in [0.15, 0.2) is 0 Å². The van der Waals surface area contributed by atoms with Gasteiger partial charge in [-0.25, -0.2) is 0 Å². The summed E-state index contributed by atoms with van der Waals surface area (Å²) in [5.41, 5.74) is 4.39. The van der Waals surface area contributed by atoms with Crippen molar-refractivity contribution in [3.8, 4) is 5.75 Å². The number of likely N-dealkylation sites (N-methyl/N-ethyl adjacent to an activating group) is 1. The lowest BCUT2D eigenvalue weighted by atomic mass is 9.74. The van der Waals surface area contributed by atoms with Crippen LogP contribution in [0.25, 0.3) is 0 Å². The summed E-state index contributed by atoms with van der Waals surface area (Å²) in [7, 11) is 1.92. The third-order valence-corrected chi connectivity index (χ3v) is 4.51. The summed E-state index contributed by atoms with van der Waals surface area (Å²) < 4.78 is 5.76. The molecule has 0 spiro atoms. The normalized spacial score (nSPS) is 14.7. The van der Waals surface area contributed by atoms with Gasteiger partial charge in [0.05, 0.1) is 0 Å². The van der Waals surface area contributed by atoms with E-state index >= 15 is 0 Å². The molecule has 4 heteroatoms. The van der Waals surface area contributed by atoms with E-state index in [4.69, 9.17) is 16.3 Å². The third-order valence-electron chi connectivity index (χ3n) is 4.19. The van der Waals surface area contributed by atoms with Gasteiger partial charge in [0.1, 0.15) is 12.4 Å². The molecule has 116 valence electrons. The first-order valence-electron chi connectivity index (χ1n) is 7.52. The number of halogens is 1. The van der Waals surface area contributed by atoms with Gasteiger partial charge >= 0.3 is 0 Å². The van der Waals surface area contributed by atoms with Gasteiger partial charge in [-0.05, 0) is 30.8 Å². The monoisotopic (exact) mass is 316 g/mol. The highest BCUT2D eigenvalue weighted by Crippen LogP contribution is 2.48. The van der Waals surface area contributed by atoms with E-state index < -0.39 is 0 Å². The van der Waals surface area contributed by atoms with Crippen molar-refractivity contribution >= 4 is 23.0 Å². The van der Waals surface area contributed by atoms with Crippen molar-refractivity contribution in [3.05, 3.63) is 52.5 Å². The van der Waals surface area contributed by atoms with E-state index in [9.17, 15) is 0 Å². The Hall–Kier alpha value is -1.71. The fourth-order valence-electron chi connectivity index (χ4n) is 3.08. The van der Waals surface area contributed by atoms with Crippen LogP contribution >= 0.6 is 11.6 Å². The molecule has 0 aromatic heterocycles. The molecule has 0 saturated carbocycles. The predicted octanol–water partition coefficient (Wildman–Crippen LogP) is 4.32.